The molecule has 1 heterocycles. The van der Waals surface area contributed by atoms with Gasteiger partial charge in [0.25, 0.3) is 0 Å². The van der Waals surface area contributed by atoms with Crippen molar-refractivity contribution in [2.45, 2.75) is 43.7 Å². The van der Waals surface area contributed by atoms with Crippen LogP contribution in [-0.4, -0.2) is 43.8 Å². The quantitative estimate of drug-likeness (QED) is 0.751. The first-order chi connectivity index (χ1) is 14.3. The summed E-state index contributed by atoms with van der Waals surface area (Å²) < 4.78 is 40.1. The number of carbonyl (C=O) groups is 1. The molecule has 1 aliphatic heterocycles. The lowest BCUT2D eigenvalue weighted by molar-refractivity contribution is 0.194. The fourth-order valence-corrected chi connectivity index (χ4v) is 4.99. The summed E-state index contributed by atoms with van der Waals surface area (Å²) in [7, 11) is -1.78. The highest BCUT2D eigenvalue weighted by molar-refractivity contribution is 7.89. The fourth-order valence-electron chi connectivity index (χ4n) is 3.48. The van der Waals surface area contributed by atoms with E-state index in [1.54, 1.807) is 52.7 Å². The van der Waals surface area contributed by atoms with Crippen LogP contribution in [0.3, 0.4) is 0 Å². The summed E-state index contributed by atoms with van der Waals surface area (Å²) >= 11 is 0. The highest BCUT2D eigenvalue weighted by Gasteiger charge is 2.25. The second kappa shape index (κ2) is 9.57. The Hall–Kier alpha value is -2.45. The molecule has 2 aromatic carbocycles. The van der Waals surface area contributed by atoms with Crippen molar-refractivity contribution in [1.29, 1.82) is 0 Å². The number of benzene rings is 2. The zero-order valence-corrected chi connectivity index (χ0v) is 18.2. The van der Waals surface area contributed by atoms with Crippen LogP contribution < -0.4 is 5.32 Å². The molecule has 6 nitrogen and oxygen atoms in total. The van der Waals surface area contributed by atoms with E-state index in [0.717, 1.165) is 30.4 Å². The maximum atomic E-state index is 13.1. The summed E-state index contributed by atoms with van der Waals surface area (Å²) in [5.41, 5.74) is 1.64. The van der Waals surface area contributed by atoms with E-state index in [1.807, 2.05) is 6.92 Å². The largest absolute Gasteiger partial charge is 0.334 e. The van der Waals surface area contributed by atoms with Crippen LogP contribution in [0.5, 0.6) is 0 Å². The summed E-state index contributed by atoms with van der Waals surface area (Å²) in [5, 5.41) is 2.84. The molecule has 3 rings (SSSR count). The van der Waals surface area contributed by atoms with E-state index in [-0.39, 0.29) is 29.3 Å². The van der Waals surface area contributed by atoms with Crippen LogP contribution in [0.1, 0.15) is 43.4 Å². The number of rotatable bonds is 6. The van der Waals surface area contributed by atoms with Gasteiger partial charge in [-0.2, -0.15) is 4.31 Å². The second-order valence-electron chi connectivity index (χ2n) is 7.61. The molecule has 1 atom stereocenters. The number of hydrogen-bond acceptors (Lipinski definition) is 3. The van der Waals surface area contributed by atoms with Gasteiger partial charge in [0, 0.05) is 26.7 Å². The lowest BCUT2D eigenvalue weighted by atomic mass is 10.1. The van der Waals surface area contributed by atoms with E-state index in [0.29, 0.717) is 13.1 Å². The molecular formula is C22H28FN3O3S. The van der Waals surface area contributed by atoms with E-state index in [9.17, 15) is 17.6 Å². The molecule has 1 fully saturated rings. The van der Waals surface area contributed by atoms with Crippen molar-refractivity contribution in [1.82, 2.24) is 14.5 Å². The van der Waals surface area contributed by atoms with E-state index in [2.05, 4.69) is 5.32 Å². The Morgan fingerprint density at radius 3 is 2.27 bits per heavy atom. The number of amides is 2. The van der Waals surface area contributed by atoms with Crippen molar-refractivity contribution >= 4 is 16.1 Å². The molecule has 1 saturated heterocycles. The van der Waals surface area contributed by atoms with Crippen LogP contribution in [0, 0.1) is 5.82 Å². The number of nitrogens with zero attached hydrogens (tertiary/aromatic N) is 2. The Kier molecular flexibility index (Phi) is 7.10. The molecule has 0 bridgehead atoms. The monoisotopic (exact) mass is 433 g/mol. The molecule has 0 aliphatic carbocycles. The molecule has 0 spiro atoms. The molecule has 0 aromatic heterocycles. The number of sulfonamides is 1. The van der Waals surface area contributed by atoms with Crippen molar-refractivity contribution in [3.63, 3.8) is 0 Å². The Labute approximate surface area is 177 Å². The number of halogens is 1. The Morgan fingerprint density at radius 1 is 1.07 bits per heavy atom. The molecular weight excluding hydrogens is 405 g/mol. The van der Waals surface area contributed by atoms with E-state index in [1.165, 1.54) is 12.1 Å². The molecule has 2 amide bonds. The van der Waals surface area contributed by atoms with Gasteiger partial charge in [-0.3, -0.25) is 0 Å². The highest BCUT2D eigenvalue weighted by atomic mass is 32.2. The van der Waals surface area contributed by atoms with E-state index < -0.39 is 10.0 Å². The highest BCUT2D eigenvalue weighted by Crippen LogP contribution is 2.21. The van der Waals surface area contributed by atoms with Crippen LogP contribution in [-0.2, 0) is 16.6 Å². The minimum Gasteiger partial charge on any atom is -0.334 e. The van der Waals surface area contributed by atoms with Crippen LogP contribution in [0.25, 0.3) is 0 Å². The number of carbonyl (C=O) groups excluding carboxylic acids is 1. The lowest BCUT2D eigenvalue weighted by Gasteiger charge is -2.26. The van der Waals surface area contributed by atoms with Gasteiger partial charge >= 0.3 is 6.03 Å². The fraction of sp³-hybridized carbons (Fsp3) is 0.409. The number of urea groups is 1. The maximum Gasteiger partial charge on any atom is 0.317 e. The predicted molar refractivity (Wildman–Crippen MR) is 114 cm³/mol. The first kappa shape index (κ1) is 22.2. The summed E-state index contributed by atoms with van der Waals surface area (Å²) in [6.07, 6.45) is 2.86. The van der Waals surface area contributed by atoms with Crippen LogP contribution in [0.15, 0.2) is 53.4 Å². The smallest absolute Gasteiger partial charge is 0.317 e. The molecule has 0 unspecified atom stereocenters. The summed E-state index contributed by atoms with van der Waals surface area (Å²) in [4.78, 5) is 14.3. The van der Waals surface area contributed by atoms with Gasteiger partial charge in [-0.05, 0) is 55.2 Å². The normalized spacial score (nSPS) is 16.1. The molecule has 8 heteroatoms. The first-order valence-corrected chi connectivity index (χ1v) is 11.6. The van der Waals surface area contributed by atoms with E-state index >= 15 is 0 Å². The maximum absolute atomic E-state index is 13.1. The predicted octanol–water partition coefficient (Wildman–Crippen LogP) is 3.90. The topological polar surface area (TPSA) is 69.7 Å². The third-order valence-electron chi connectivity index (χ3n) is 5.57. The van der Waals surface area contributed by atoms with Crippen molar-refractivity contribution in [3.8, 4) is 0 Å². The summed E-state index contributed by atoms with van der Waals surface area (Å²) in [5.74, 6) is -0.316. The Morgan fingerprint density at radius 2 is 1.67 bits per heavy atom. The van der Waals surface area contributed by atoms with Crippen LogP contribution in [0.4, 0.5) is 9.18 Å². The first-order valence-electron chi connectivity index (χ1n) is 10.1. The van der Waals surface area contributed by atoms with Crippen molar-refractivity contribution < 1.29 is 17.6 Å². The average molecular weight is 434 g/mol. The Balaban J connectivity index is 1.57. The molecule has 1 aliphatic rings. The minimum absolute atomic E-state index is 0.220. The molecule has 2 aromatic rings. The SMILES string of the molecule is C[C@@H](c1ccc(F)cc1)N(C)C(=O)NCc1ccc(S(=O)(=O)N2CCCCC2)cc1. The van der Waals surface area contributed by atoms with Crippen LogP contribution >= 0.6 is 0 Å². The Bertz CT molecular complexity index is 956. The number of hydrogen-bond donors (Lipinski definition) is 1. The average Bonchev–Trinajstić information content (AvgIpc) is 2.78. The van der Waals surface area contributed by atoms with Crippen molar-refractivity contribution in [2.24, 2.45) is 0 Å². The van der Waals surface area contributed by atoms with Gasteiger partial charge in [-0.25, -0.2) is 17.6 Å². The van der Waals surface area contributed by atoms with Gasteiger partial charge in [0.2, 0.25) is 10.0 Å². The van der Waals surface area contributed by atoms with E-state index in [4.69, 9.17) is 0 Å². The van der Waals surface area contributed by atoms with Crippen LogP contribution in [0.2, 0.25) is 0 Å². The van der Waals surface area contributed by atoms with Gasteiger partial charge in [0.05, 0.1) is 10.9 Å². The van der Waals surface area contributed by atoms with Gasteiger partial charge in [-0.15, -0.1) is 0 Å². The van der Waals surface area contributed by atoms with Gasteiger partial charge in [-0.1, -0.05) is 30.7 Å². The van der Waals surface area contributed by atoms with Gasteiger partial charge in [0.15, 0.2) is 0 Å². The number of nitrogens with one attached hydrogen (secondary N) is 1. The molecule has 0 radical (unpaired) electrons. The zero-order chi connectivity index (χ0) is 21.7. The number of piperidine rings is 1. The third kappa shape index (κ3) is 5.17. The van der Waals surface area contributed by atoms with Gasteiger partial charge < -0.3 is 10.2 Å². The molecule has 30 heavy (non-hydrogen) atoms. The standard InChI is InChI=1S/C22H28FN3O3S/c1-17(19-8-10-20(23)11-9-19)25(2)22(27)24-16-18-6-12-21(13-7-18)30(28,29)26-14-4-3-5-15-26/h6-13,17H,3-5,14-16H2,1-2H3,(H,24,27)/t17-/m0/s1. The molecule has 0 saturated carbocycles. The summed E-state index contributed by atoms with van der Waals surface area (Å²) in [6, 6.07) is 12.2. The van der Waals surface area contributed by atoms with Gasteiger partial charge in [0.1, 0.15) is 5.82 Å². The third-order valence-corrected chi connectivity index (χ3v) is 7.49. The van der Waals surface area contributed by atoms with Crippen molar-refractivity contribution in [3.05, 3.63) is 65.5 Å². The molecule has 1 N–H and O–H groups in total. The zero-order valence-electron chi connectivity index (χ0n) is 17.3. The minimum atomic E-state index is -3.46. The summed E-state index contributed by atoms with van der Waals surface area (Å²) in [6.45, 7) is 3.29. The second-order valence-corrected chi connectivity index (χ2v) is 9.54. The molecule has 162 valence electrons. The lowest BCUT2D eigenvalue weighted by Crippen LogP contribution is -2.38. The van der Waals surface area contributed by atoms with Crippen molar-refractivity contribution in [2.75, 3.05) is 20.1 Å².